The molecule has 3 aliphatic rings. The molecule has 0 aliphatic carbocycles. The highest BCUT2D eigenvalue weighted by atomic mass is 35.5. The maximum atomic E-state index is 13.6. The summed E-state index contributed by atoms with van der Waals surface area (Å²) in [6.07, 6.45) is 3.23. The van der Waals surface area contributed by atoms with Crippen molar-refractivity contribution in [1.82, 2.24) is 4.90 Å². The van der Waals surface area contributed by atoms with Crippen molar-refractivity contribution >= 4 is 41.8 Å². The van der Waals surface area contributed by atoms with Crippen molar-refractivity contribution in [2.24, 2.45) is 0 Å². The molecular weight excluding hydrogens is 665 g/mol. The van der Waals surface area contributed by atoms with Gasteiger partial charge in [-0.1, -0.05) is 11.6 Å². The van der Waals surface area contributed by atoms with E-state index in [1.54, 1.807) is 43.5 Å². The zero-order valence-electron chi connectivity index (χ0n) is 27.5. The van der Waals surface area contributed by atoms with Gasteiger partial charge >= 0.3 is 5.97 Å². The molecule has 3 aliphatic heterocycles. The number of methoxy groups -OCH3 is 2. The Hall–Kier alpha value is -4.32. The van der Waals surface area contributed by atoms with Crippen LogP contribution in [-0.2, 0) is 9.53 Å². The van der Waals surface area contributed by atoms with Gasteiger partial charge in [-0.15, -0.1) is 12.4 Å². The number of phenols is 1. The monoisotopic (exact) mass is 703 g/mol. The maximum absolute atomic E-state index is 13.6. The van der Waals surface area contributed by atoms with E-state index in [-0.39, 0.29) is 48.7 Å². The van der Waals surface area contributed by atoms with E-state index < -0.39 is 17.6 Å². The summed E-state index contributed by atoms with van der Waals surface area (Å²) in [4.78, 5) is 26.8. The Bertz CT molecular complexity index is 1670. The summed E-state index contributed by atoms with van der Waals surface area (Å²) in [5.74, 6) is 1.56. The van der Waals surface area contributed by atoms with Crippen LogP contribution in [0.3, 0.4) is 0 Å². The predicted octanol–water partition coefficient (Wildman–Crippen LogP) is 5.96. The molecule has 3 heterocycles. The van der Waals surface area contributed by atoms with Gasteiger partial charge in [0.25, 0.3) is 0 Å². The fourth-order valence-electron chi connectivity index (χ4n) is 5.33. The number of phenolic OH excluding ortho intramolecular Hbond substituents is 1. The van der Waals surface area contributed by atoms with Crippen molar-refractivity contribution < 1.29 is 47.9 Å². The van der Waals surface area contributed by atoms with Crippen molar-refractivity contribution in [3.63, 3.8) is 0 Å². The molecule has 0 spiro atoms. The van der Waals surface area contributed by atoms with Gasteiger partial charge in [-0.05, 0) is 70.4 Å². The van der Waals surface area contributed by atoms with E-state index in [1.165, 1.54) is 13.2 Å². The Morgan fingerprint density at radius 3 is 2.42 bits per heavy atom. The third-order valence-electron chi connectivity index (χ3n) is 7.68. The minimum atomic E-state index is -0.630. The number of carbonyl (C=O) groups excluding carboxylic acids is 2. The lowest BCUT2D eigenvalue weighted by atomic mass is 9.80. The molecule has 2 atom stereocenters. The van der Waals surface area contributed by atoms with Gasteiger partial charge in [0.2, 0.25) is 0 Å². The normalized spacial score (nSPS) is 17.6. The van der Waals surface area contributed by atoms with Crippen molar-refractivity contribution in [3.8, 4) is 40.2 Å². The van der Waals surface area contributed by atoms with E-state index in [4.69, 9.17) is 44.8 Å². The lowest BCUT2D eigenvalue weighted by Gasteiger charge is -2.39. The summed E-state index contributed by atoms with van der Waals surface area (Å²) < 4.78 is 39.0. The van der Waals surface area contributed by atoms with Gasteiger partial charge in [0.05, 0.1) is 25.7 Å². The highest BCUT2D eigenvalue weighted by Gasteiger charge is 2.46. The van der Waals surface area contributed by atoms with Crippen LogP contribution in [0.25, 0.3) is 6.08 Å². The minimum absolute atomic E-state index is 0. The maximum Gasteiger partial charge on any atom is 0.344 e. The molecule has 3 aromatic rings. The molecule has 6 rings (SSSR count). The number of carbonyl (C=O) groups is 2. The predicted molar refractivity (Wildman–Crippen MR) is 182 cm³/mol. The van der Waals surface area contributed by atoms with Crippen molar-refractivity contribution in [2.75, 3.05) is 54.7 Å². The summed E-state index contributed by atoms with van der Waals surface area (Å²) in [5, 5.41) is 11.3. The van der Waals surface area contributed by atoms with Crippen molar-refractivity contribution in [1.29, 1.82) is 0 Å². The molecule has 0 aromatic heterocycles. The number of hydrogen-bond acceptors (Lipinski definition) is 11. The average Bonchev–Trinajstić information content (AvgIpc) is 3.03. The summed E-state index contributed by atoms with van der Waals surface area (Å²) in [6, 6.07) is 11.7. The number of ketones is 1. The second-order valence-electron chi connectivity index (χ2n) is 11.9. The van der Waals surface area contributed by atoms with E-state index in [1.807, 2.05) is 45.0 Å². The standard InChI is InChI=1S/C23H22O7.C12H16ClNO3.ClH/c1-23(2)6-5-11-15(30-23)8-13(24)20-21(25)19-12-7-16(26-3)17(27-4)9-14(12)28-10-18(19)29-22(11)20;1-14(2)7-8-16-12(15)9-17-11-5-3-10(13)4-6-11;/h5-9,18-19,24H,10H2,1-4H3;3-6H,7-9H2,1-2H3;1H. The van der Waals surface area contributed by atoms with Crippen molar-refractivity contribution in [2.45, 2.75) is 31.5 Å². The number of hydrogen-bond donors (Lipinski definition) is 1. The molecule has 258 valence electrons. The van der Waals surface area contributed by atoms with E-state index in [9.17, 15) is 14.7 Å². The largest absolute Gasteiger partial charge is 0.507 e. The van der Waals surface area contributed by atoms with Gasteiger partial charge in [-0.25, -0.2) is 4.79 Å². The Kier molecular flexibility index (Phi) is 11.6. The molecule has 2 unspecified atom stereocenters. The topological polar surface area (TPSA) is 122 Å². The Labute approximate surface area is 290 Å². The summed E-state index contributed by atoms with van der Waals surface area (Å²) in [5.41, 5.74) is 0.930. The first-order chi connectivity index (χ1) is 22.4. The Balaban J connectivity index is 0.000000249. The van der Waals surface area contributed by atoms with Crippen LogP contribution in [0.4, 0.5) is 0 Å². The number of ether oxygens (including phenoxy) is 7. The fraction of sp³-hybridized carbons (Fsp3) is 0.371. The first-order valence-corrected chi connectivity index (χ1v) is 15.3. The summed E-state index contributed by atoms with van der Waals surface area (Å²) >= 11 is 5.72. The van der Waals surface area contributed by atoms with Crippen LogP contribution in [0.2, 0.25) is 5.02 Å². The zero-order valence-corrected chi connectivity index (χ0v) is 29.1. The number of likely N-dealkylation sites (N-methyl/N-ethyl adjacent to an activating group) is 1. The summed E-state index contributed by atoms with van der Waals surface area (Å²) in [7, 11) is 6.90. The van der Waals surface area contributed by atoms with Crippen LogP contribution in [-0.4, -0.2) is 88.1 Å². The van der Waals surface area contributed by atoms with Crippen LogP contribution in [0, 0.1) is 0 Å². The smallest absolute Gasteiger partial charge is 0.344 e. The molecule has 11 nitrogen and oxygen atoms in total. The molecule has 3 aromatic carbocycles. The van der Waals surface area contributed by atoms with Crippen LogP contribution < -0.4 is 28.4 Å². The van der Waals surface area contributed by atoms with Crippen LogP contribution in [0.1, 0.15) is 41.3 Å². The Morgan fingerprint density at radius 1 is 1.06 bits per heavy atom. The molecule has 48 heavy (non-hydrogen) atoms. The second kappa shape index (κ2) is 15.3. The molecule has 0 saturated carbocycles. The highest BCUT2D eigenvalue weighted by molar-refractivity contribution is 6.30. The number of aromatic hydroxyl groups is 1. The molecule has 13 heteroatoms. The molecule has 0 radical (unpaired) electrons. The van der Waals surface area contributed by atoms with Gasteiger partial charge < -0.3 is 43.2 Å². The fourth-order valence-corrected chi connectivity index (χ4v) is 5.46. The van der Waals surface area contributed by atoms with Gasteiger partial charge in [-0.2, -0.15) is 0 Å². The first kappa shape index (κ1) is 36.5. The number of halogens is 2. The number of benzene rings is 3. The van der Waals surface area contributed by atoms with Crippen LogP contribution in [0.5, 0.6) is 40.2 Å². The number of Topliss-reactive ketones (excluding diaryl/α,β-unsaturated/α-hetero) is 1. The molecule has 0 bridgehead atoms. The van der Waals surface area contributed by atoms with Gasteiger partial charge in [0, 0.05) is 29.3 Å². The third kappa shape index (κ3) is 8.03. The van der Waals surface area contributed by atoms with Crippen LogP contribution in [0.15, 0.2) is 48.5 Å². The number of rotatable bonds is 8. The van der Waals surface area contributed by atoms with E-state index in [0.717, 1.165) is 0 Å². The van der Waals surface area contributed by atoms with Gasteiger partial charge in [-0.3, -0.25) is 4.79 Å². The molecule has 1 N–H and O–H groups in total. The Morgan fingerprint density at radius 2 is 1.75 bits per heavy atom. The van der Waals surface area contributed by atoms with Gasteiger partial charge in [0.15, 0.2) is 23.9 Å². The van der Waals surface area contributed by atoms with E-state index in [0.29, 0.717) is 63.8 Å². The lowest BCUT2D eigenvalue weighted by molar-refractivity contribution is -0.146. The zero-order chi connectivity index (χ0) is 33.9. The number of esters is 1. The third-order valence-corrected chi connectivity index (χ3v) is 7.93. The number of nitrogens with zero attached hydrogens (tertiary/aromatic N) is 1. The summed E-state index contributed by atoms with van der Waals surface area (Å²) in [6.45, 7) is 5.01. The number of fused-ring (bicyclic) bond motifs is 6. The minimum Gasteiger partial charge on any atom is -0.507 e. The van der Waals surface area contributed by atoms with Crippen LogP contribution >= 0.6 is 24.0 Å². The first-order valence-electron chi connectivity index (χ1n) is 15.0. The highest BCUT2D eigenvalue weighted by Crippen LogP contribution is 2.52. The van der Waals surface area contributed by atoms with E-state index >= 15 is 0 Å². The molecular formula is C35H39Cl2NO10. The SMILES string of the molecule is CN(C)CCOC(=O)COc1ccc(Cl)cc1.COc1cc2c(cc1OC)C1C(=O)c3c(O)cc4c(c3OC1CO2)C=CC(C)(C)O4.Cl. The quantitative estimate of drug-likeness (QED) is 0.280. The lowest BCUT2D eigenvalue weighted by Crippen LogP contribution is -2.43. The van der Waals surface area contributed by atoms with Crippen molar-refractivity contribution in [3.05, 3.63) is 70.3 Å². The van der Waals surface area contributed by atoms with E-state index in [2.05, 4.69) is 0 Å². The van der Waals surface area contributed by atoms with Gasteiger partial charge in [0.1, 0.15) is 59.2 Å². The molecule has 0 saturated heterocycles. The second-order valence-corrected chi connectivity index (χ2v) is 12.3. The molecule has 0 amide bonds. The average molecular weight is 705 g/mol. The molecule has 0 fully saturated rings.